The van der Waals surface area contributed by atoms with E-state index in [1.54, 1.807) is 6.92 Å². The molecule has 0 aliphatic carbocycles. The van der Waals surface area contributed by atoms with Crippen LogP contribution < -0.4 is 5.32 Å². The van der Waals surface area contributed by atoms with Gasteiger partial charge in [0.2, 0.25) is 0 Å². The van der Waals surface area contributed by atoms with E-state index >= 15 is 0 Å². The van der Waals surface area contributed by atoms with E-state index in [1.165, 1.54) is 17.8 Å². The number of alkyl halides is 3. The fraction of sp³-hybridized carbons (Fsp3) is 0.455. The van der Waals surface area contributed by atoms with Crippen LogP contribution in [0.2, 0.25) is 0 Å². The largest absolute Gasteiger partial charge is 0.401 e. The minimum absolute atomic E-state index is 0.128. The van der Waals surface area contributed by atoms with Crippen LogP contribution in [0.3, 0.4) is 0 Å². The van der Waals surface area contributed by atoms with Crippen molar-refractivity contribution in [3.05, 3.63) is 29.8 Å². The van der Waals surface area contributed by atoms with Crippen LogP contribution in [0.4, 0.5) is 22.0 Å². The molecule has 0 aliphatic heterocycles. The van der Waals surface area contributed by atoms with Gasteiger partial charge in [0.1, 0.15) is 0 Å². The molecule has 0 aliphatic rings. The molecular formula is C11H12F5NS. The lowest BCUT2D eigenvalue weighted by atomic mass is 10.3. The van der Waals surface area contributed by atoms with Gasteiger partial charge in [0.05, 0.1) is 6.54 Å². The third kappa shape index (κ3) is 5.68. The predicted octanol–water partition coefficient (Wildman–Crippen LogP) is 3.60. The van der Waals surface area contributed by atoms with Gasteiger partial charge >= 0.3 is 6.18 Å². The van der Waals surface area contributed by atoms with Crippen molar-refractivity contribution in [3.8, 4) is 0 Å². The van der Waals surface area contributed by atoms with E-state index in [4.69, 9.17) is 0 Å². The molecule has 0 aromatic heterocycles. The molecule has 18 heavy (non-hydrogen) atoms. The maximum atomic E-state index is 12.9. The second kappa shape index (κ2) is 6.38. The molecule has 0 bridgehead atoms. The summed E-state index contributed by atoms with van der Waals surface area (Å²) in [4.78, 5) is 0.482. The molecular weight excluding hydrogens is 273 g/mol. The Labute approximate surface area is 106 Å². The minimum atomic E-state index is -4.24. The lowest BCUT2D eigenvalue weighted by molar-refractivity contribution is -0.124. The molecule has 1 aromatic rings. The van der Waals surface area contributed by atoms with Gasteiger partial charge in [-0.1, -0.05) is 6.92 Å². The second-order valence-electron chi connectivity index (χ2n) is 3.75. The first-order valence-electron chi connectivity index (χ1n) is 5.17. The molecule has 0 amide bonds. The Kier molecular flexibility index (Phi) is 5.40. The van der Waals surface area contributed by atoms with Gasteiger partial charge in [-0.05, 0) is 18.2 Å². The first-order valence-corrected chi connectivity index (χ1v) is 6.05. The number of hydrogen-bond donors (Lipinski definition) is 1. The Hall–Kier alpha value is -0.820. The van der Waals surface area contributed by atoms with Crippen molar-refractivity contribution >= 4 is 11.8 Å². The fourth-order valence-corrected chi connectivity index (χ4v) is 2.23. The molecule has 0 fully saturated rings. The fourth-order valence-electron chi connectivity index (χ4n) is 1.24. The van der Waals surface area contributed by atoms with Crippen molar-refractivity contribution in [1.82, 2.24) is 5.32 Å². The molecule has 1 rings (SSSR count). The standard InChI is InChI=1S/C11H12F5NS/c1-7(5-17-6-11(14,15)16)18-8-2-3-9(12)10(13)4-8/h2-4,7,17H,5-6H2,1H3. The zero-order valence-electron chi connectivity index (χ0n) is 9.52. The Bertz CT molecular complexity index is 394. The van der Waals surface area contributed by atoms with Crippen molar-refractivity contribution in [2.75, 3.05) is 13.1 Å². The first kappa shape index (κ1) is 15.2. The third-order valence-corrected chi connectivity index (χ3v) is 3.08. The number of rotatable bonds is 5. The maximum Gasteiger partial charge on any atom is 0.401 e. The Morgan fingerprint density at radius 3 is 2.44 bits per heavy atom. The van der Waals surface area contributed by atoms with E-state index in [-0.39, 0.29) is 11.8 Å². The molecule has 102 valence electrons. The average Bonchev–Trinajstić information content (AvgIpc) is 2.21. The van der Waals surface area contributed by atoms with Crippen LogP contribution in [0, 0.1) is 11.6 Å². The lowest BCUT2D eigenvalue weighted by Gasteiger charge is -2.13. The van der Waals surface area contributed by atoms with Gasteiger partial charge < -0.3 is 5.32 Å². The Balaban J connectivity index is 2.40. The van der Waals surface area contributed by atoms with Gasteiger partial charge in [-0.25, -0.2) is 8.78 Å². The van der Waals surface area contributed by atoms with Crippen molar-refractivity contribution < 1.29 is 22.0 Å². The van der Waals surface area contributed by atoms with Crippen LogP contribution in [0.15, 0.2) is 23.1 Å². The summed E-state index contributed by atoms with van der Waals surface area (Å²) in [6.07, 6.45) is -4.24. The Morgan fingerprint density at radius 2 is 1.89 bits per heavy atom. The summed E-state index contributed by atoms with van der Waals surface area (Å²) >= 11 is 1.18. The summed E-state index contributed by atoms with van der Waals surface area (Å²) < 4.78 is 61.1. The zero-order chi connectivity index (χ0) is 13.8. The highest BCUT2D eigenvalue weighted by Gasteiger charge is 2.26. The molecule has 0 heterocycles. The van der Waals surface area contributed by atoms with Crippen molar-refractivity contribution in [1.29, 1.82) is 0 Å². The summed E-state index contributed by atoms with van der Waals surface area (Å²) in [6.45, 7) is 0.772. The van der Waals surface area contributed by atoms with Crippen molar-refractivity contribution in [2.24, 2.45) is 0 Å². The van der Waals surface area contributed by atoms with Gasteiger partial charge in [-0.2, -0.15) is 13.2 Å². The molecule has 0 saturated carbocycles. The van der Waals surface area contributed by atoms with E-state index < -0.39 is 24.4 Å². The third-order valence-electron chi connectivity index (χ3n) is 1.99. The number of hydrogen-bond acceptors (Lipinski definition) is 2. The molecule has 1 nitrogen and oxygen atoms in total. The summed E-state index contributed by atoms with van der Waals surface area (Å²) in [7, 11) is 0. The number of benzene rings is 1. The van der Waals surface area contributed by atoms with Gasteiger partial charge in [-0.3, -0.25) is 0 Å². The van der Waals surface area contributed by atoms with Crippen LogP contribution in [-0.2, 0) is 0 Å². The highest BCUT2D eigenvalue weighted by atomic mass is 32.2. The molecule has 0 radical (unpaired) electrons. The highest BCUT2D eigenvalue weighted by Crippen LogP contribution is 2.24. The second-order valence-corrected chi connectivity index (χ2v) is 5.26. The smallest absolute Gasteiger partial charge is 0.308 e. The summed E-state index contributed by atoms with van der Waals surface area (Å²) in [6, 6.07) is 3.41. The molecule has 0 saturated heterocycles. The van der Waals surface area contributed by atoms with Crippen molar-refractivity contribution in [2.45, 2.75) is 23.2 Å². The van der Waals surface area contributed by atoms with E-state index in [1.807, 2.05) is 0 Å². The molecule has 7 heteroatoms. The molecule has 1 N–H and O–H groups in total. The Morgan fingerprint density at radius 1 is 1.22 bits per heavy atom. The van der Waals surface area contributed by atoms with Crippen LogP contribution in [0.5, 0.6) is 0 Å². The van der Waals surface area contributed by atoms with Gasteiger partial charge in [0.25, 0.3) is 0 Å². The summed E-state index contributed by atoms with van der Waals surface area (Å²) in [5.74, 6) is -1.90. The van der Waals surface area contributed by atoms with Crippen LogP contribution in [0.25, 0.3) is 0 Å². The maximum absolute atomic E-state index is 12.9. The van der Waals surface area contributed by atoms with E-state index in [0.29, 0.717) is 4.90 Å². The molecule has 1 atom stereocenters. The zero-order valence-corrected chi connectivity index (χ0v) is 10.3. The van der Waals surface area contributed by atoms with Crippen LogP contribution in [-0.4, -0.2) is 24.5 Å². The predicted molar refractivity (Wildman–Crippen MR) is 60.6 cm³/mol. The SMILES string of the molecule is CC(CNCC(F)(F)F)Sc1ccc(F)c(F)c1. The molecule has 1 aromatic carbocycles. The van der Waals surface area contributed by atoms with E-state index in [9.17, 15) is 22.0 Å². The van der Waals surface area contributed by atoms with E-state index in [2.05, 4.69) is 5.32 Å². The van der Waals surface area contributed by atoms with Gasteiger partial charge in [-0.15, -0.1) is 11.8 Å². The first-order chi connectivity index (χ1) is 8.28. The monoisotopic (exact) mass is 285 g/mol. The van der Waals surface area contributed by atoms with Crippen molar-refractivity contribution in [3.63, 3.8) is 0 Å². The number of nitrogens with one attached hydrogen (secondary N) is 1. The van der Waals surface area contributed by atoms with Gasteiger partial charge in [0.15, 0.2) is 11.6 Å². The van der Waals surface area contributed by atoms with Crippen LogP contribution in [0.1, 0.15) is 6.92 Å². The summed E-state index contributed by atoms with van der Waals surface area (Å²) in [5, 5.41) is 2.07. The lowest BCUT2D eigenvalue weighted by Crippen LogP contribution is -2.32. The van der Waals surface area contributed by atoms with E-state index in [0.717, 1.165) is 12.1 Å². The molecule has 0 spiro atoms. The normalized spacial score (nSPS) is 13.7. The van der Waals surface area contributed by atoms with Crippen LogP contribution >= 0.6 is 11.8 Å². The minimum Gasteiger partial charge on any atom is -0.308 e. The summed E-state index contributed by atoms with van der Waals surface area (Å²) in [5.41, 5.74) is 0. The van der Waals surface area contributed by atoms with Gasteiger partial charge in [0, 0.05) is 16.7 Å². The highest BCUT2D eigenvalue weighted by molar-refractivity contribution is 8.00. The topological polar surface area (TPSA) is 12.0 Å². The average molecular weight is 285 g/mol. The number of halogens is 5. The molecule has 1 unspecified atom stereocenters. The quantitative estimate of drug-likeness (QED) is 0.655. The number of thioether (sulfide) groups is 1.